The number of hydrogen-bond donors (Lipinski definition) is 1. The van der Waals surface area contributed by atoms with Gasteiger partial charge in [-0.3, -0.25) is 4.79 Å². The third kappa shape index (κ3) is 3.86. The summed E-state index contributed by atoms with van der Waals surface area (Å²) in [4.78, 5) is 23.7. The van der Waals surface area contributed by atoms with Crippen molar-refractivity contribution in [2.24, 2.45) is 11.8 Å². The third-order valence-electron chi connectivity index (χ3n) is 4.47. The highest BCUT2D eigenvalue weighted by Crippen LogP contribution is 2.29. The van der Waals surface area contributed by atoms with Gasteiger partial charge in [0.15, 0.2) is 6.61 Å². The average molecular weight is 293 g/mol. The zero-order valence-corrected chi connectivity index (χ0v) is 12.8. The van der Waals surface area contributed by atoms with Gasteiger partial charge in [-0.2, -0.15) is 0 Å². The Morgan fingerprint density at radius 1 is 1.38 bits per heavy atom. The first-order valence-corrected chi connectivity index (χ1v) is 7.49. The fourth-order valence-corrected chi connectivity index (χ4v) is 2.84. The van der Waals surface area contributed by atoms with E-state index in [4.69, 9.17) is 9.15 Å². The molecule has 0 bridgehead atoms. The van der Waals surface area contributed by atoms with E-state index in [0.717, 1.165) is 12.8 Å². The van der Waals surface area contributed by atoms with Crippen LogP contribution in [0.1, 0.15) is 49.2 Å². The molecule has 1 aromatic heterocycles. The molecule has 0 unspecified atom stereocenters. The highest BCUT2D eigenvalue weighted by molar-refractivity contribution is 5.92. The zero-order valence-electron chi connectivity index (χ0n) is 12.8. The van der Waals surface area contributed by atoms with E-state index in [0.29, 0.717) is 23.2 Å². The largest absolute Gasteiger partial charge is 0.469 e. The van der Waals surface area contributed by atoms with E-state index < -0.39 is 5.97 Å². The third-order valence-corrected chi connectivity index (χ3v) is 4.47. The van der Waals surface area contributed by atoms with Gasteiger partial charge in [-0.1, -0.05) is 26.7 Å². The van der Waals surface area contributed by atoms with Crippen LogP contribution in [0, 0.1) is 18.8 Å². The lowest BCUT2D eigenvalue weighted by atomic mass is 9.78. The minimum atomic E-state index is -0.526. The quantitative estimate of drug-likeness (QED) is 0.867. The maximum atomic E-state index is 11.9. The Hall–Kier alpha value is -1.78. The molecule has 2 rings (SSSR count). The summed E-state index contributed by atoms with van der Waals surface area (Å²) in [6, 6.07) is 1.72. The maximum Gasteiger partial charge on any atom is 0.342 e. The smallest absolute Gasteiger partial charge is 0.342 e. The lowest BCUT2D eigenvalue weighted by Crippen LogP contribution is -2.45. The van der Waals surface area contributed by atoms with Gasteiger partial charge in [0, 0.05) is 6.04 Å². The van der Waals surface area contributed by atoms with Crippen LogP contribution in [-0.2, 0) is 9.53 Å². The Morgan fingerprint density at radius 3 is 2.81 bits per heavy atom. The number of ether oxygens (including phenoxy) is 1. The van der Waals surface area contributed by atoms with Gasteiger partial charge in [0.2, 0.25) is 0 Å². The predicted octanol–water partition coefficient (Wildman–Crippen LogP) is 2.69. The van der Waals surface area contributed by atoms with Crippen molar-refractivity contribution in [1.82, 2.24) is 5.32 Å². The molecule has 0 saturated heterocycles. The molecule has 1 fully saturated rings. The summed E-state index contributed by atoms with van der Waals surface area (Å²) in [5.41, 5.74) is 0.363. The second-order valence-corrected chi connectivity index (χ2v) is 5.91. The SMILES string of the molecule is Cc1occc1C(=O)OCC(=O)N[C@@H]1CCC[C@H](C)[C@@H]1C. The number of esters is 1. The molecule has 116 valence electrons. The lowest BCUT2D eigenvalue weighted by molar-refractivity contribution is -0.125. The van der Waals surface area contributed by atoms with Crippen LogP contribution < -0.4 is 5.32 Å². The summed E-state index contributed by atoms with van der Waals surface area (Å²) in [7, 11) is 0. The second kappa shape index (κ2) is 6.78. The number of amides is 1. The van der Waals surface area contributed by atoms with Crippen LogP contribution >= 0.6 is 0 Å². The predicted molar refractivity (Wildman–Crippen MR) is 77.8 cm³/mol. The van der Waals surface area contributed by atoms with Crippen molar-refractivity contribution in [2.45, 2.75) is 46.1 Å². The molecule has 1 aromatic rings. The fourth-order valence-electron chi connectivity index (χ4n) is 2.84. The van der Waals surface area contributed by atoms with Gasteiger partial charge < -0.3 is 14.5 Å². The van der Waals surface area contributed by atoms with E-state index >= 15 is 0 Å². The molecule has 0 spiro atoms. The second-order valence-electron chi connectivity index (χ2n) is 5.91. The Balaban J connectivity index is 1.80. The topological polar surface area (TPSA) is 68.5 Å². The van der Waals surface area contributed by atoms with Crippen LogP contribution in [0.4, 0.5) is 0 Å². The Kier molecular flexibility index (Phi) is 5.04. The van der Waals surface area contributed by atoms with Crippen molar-refractivity contribution in [3.05, 3.63) is 23.7 Å². The summed E-state index contributed by atoms with van der Waals surface area (Å²) in [6.07, 6.45) is 4.76. The van der Waals surface area contributed by atoms with Crippen LogP contribution in [0.3, 0.4) is 0 Å². The highest BCUT2D eigenvalue weighted by atomic mass is 16.5. The Morgan fingerprint density at radius 2 is 2.14 bits per heavy atom. The number of carbonyl (C=O) groups is 2. The number of nitrogens with one attached hydrogen (secondary N) is 1. The monoisotopic (exact) mass is 293 g/mol. The van der Waals surface area contributed by atoms with Crippen molar-refractivity contribution in [1.29, 1.82) is 0 Å². The molecular formula is C16H23NO4. The fraction of sp³-hybridized carbons (Fsp3) is 0.625. The molecule has 0 aliphatic heterocycles. The summed E-state index contributed by atoms with van der Waals surface area (Å²) in [6.45, 7) is 5.81. The van der Waals surface area contributed by atoms with Crippen LogP contribution in [0.2, 0.25) is 0 Å². The highest BCUT2D eigenvalue weighted by Gasteiger charge is 2.28. The van der Waals surface area contributed by atoms with Gasteiger partial charge in [-0.25, -0.2) is 4.79 Å². The molecule has 5 nitrogen and oxygen atoms in total. The first-order valence-electron chi connectivity index (χ1n) is 7.49. The molecular weight excluding hydrogens is 270 g/mol. The van der Waals surface area contributed by atoms with Crippen molar-refractivity contribution in [3.63, 3.8) is 0 Å². The number of carbonyl (C=O) groups excluding carboxylic acids is 2. The Labute approximate surface area is 125 Å². The van der Waals surface area contributed by atoms with Crippen LogP contribution in [0.5, 0.6) is 0 Å². The maximum absolute atomic E-state index is 11.9. The van der Waals surface area contributed by atoms with E-state index in [1.165, 1.54) is 12.7 Å². The van der Waals surface area contributed by atoms with Gasteiger partial charge in [0.1, 0.15) is 11.3 Å². The van der Waals surface area contributed by atoms with E-state index in [2.05, 4.69) is 19.2 Å². The minimum absolute atomic E-state index is 0.176. The van der Waals surface area contributed by atoms with E-state index in [9.17, 15) is 9.59 Å². The molecule has 1 saturated carbocycles. The molecule has 1 aliphatic rings. The first kappa shape index (κ1) is 15.6. The molecule has 1 N–H and O–H groups in total. The van der Waals surface area contributed by atoms with Gasteiger partial charge in [-0.05, 0) is 31.2 Å². The van der Waals surface area contributed by atoms with Gasteiger partial charge in [-0.15, -0.1) is 0 Å². The van der Waals surface area contributed by atoms with Crippen LogP contribution in [-0.4, -0.2) is 24.5 Å². The number of aryl methyl sites for hydroxylation is 1. The standard InChI is InChI=1S/C16H23NO4/c1-10-5-4-6-14(11(10)2)17-15(18)9-21-16(19)13-7-8-20-12(13)3/h7-8,10-11,14H,4-6,9H2,1-3H3,(H,17,18)/t10-,11-,14+/m0/s1. The molecule has 0 radical (unpaired) electrons. The summed E-state index contributed by atoms with van der Waals surface area (Å²) >= 11 is 0. The van der Waals surface area contributed by atoms with Crippen molar-refractivity contribution in [2.75, 3.05) is 6.61 Å². The molecule has 1 aliphatic carbocycles. The van der Waals surface area contributed by atoms with Crippen molar-refractivity contribution < 1.29 is 18.7 Å². The molecule has 5 heteroatoms. The number of furan rings is 1. The van der Waals surface area contributed by atoms with Crippen molar-refractivity contribution >= 4 is 11.9 Å². The van der Waals surface area contributed by atoms with E-state index in [1.807, 2.05) is 0 Å². The summed E-state index contributed by atoms with van der Waals surface area (Å²) in [5, 5.41) is 2.97. The minimum Gasteiger partial charge on any atom is -0.469 e. The molecule has 3 atom stereocenters. The lowest BCUT2D eigenvalue weighted by Gasteiger charge is -2.34. The zero-order chi connectivity index (χ0) is 15.4. The first-order chi connectivity index (χ1) is 9.99. The molecule has 1 amide bonds. The van der Waals surface area contributed by atoms with Gasteiger partial charge in [0.25, 0.3) is 5.91 Å². The Bertz CT molecular complexity index is 508. The average Bonchev–Trinajstić information content (AvgIpc) is 2.87. The summed E-state index contributed by atoms with van der Waals surface area (Å²) < 4.78 is 10.1. The van der Waals surface area contributed by atoms with Crippen LogP contribution in [0.25, 0.3) is 0 Å². The van der Waals surface area contributed by atoms with Gasteiger partial charge in [0.05, 0.1) is 6.26 Å². The van der Waals surface area contributed by atoms with Crippen LogP contribution in [0.15, 0.2) is 16.7 Å². The van der Waals surface area contributed by atoms with E-state index in [1.54, 1.807) is 13.0 Å². The molecule has 21 heavy (non-hydrogen) atoms. The number of rotatable bonds is 4. The summed E-state index contributed by atoms with van der Waals surface area (Å²) in [5.74, 6) is 0.793. The number of hydrogen-bond acceptors (Lipinski definition) is 4. The van der Waals surface area contributed by atoms with Gasteiger partial charge >= 0.3 is 5.97 Å². The molecule has 1 heterocycles. The molecule has 0 aromatic carbocycles. The normalized spacial score (nSPS) is 25.4. The van der Waals surface area contributed by atoms with Crippen molar-refractivity contribution in [3.8, 4) is 0 Å². The van der Waals surface area contributed by atoms with E-state index in [-0.39, 0.29) is 18.6 Å².